The number of nitrogens with zero attached hydrogens (tertiary/aromatic N) is 3. The van der Waals surface area contributed by atoms with Gasteiger partial charge < -0.3 is 4.74 Å². The Bertz CT molecular complexity index is 1080. The van der Waals surface area contributed by atoms with E-state index in [-0.39, 0.29) is 11.7 Å². The fraction of sp³-hybridized carbons (Fsp3) is 0.250. The number of aryl methyl sites for hydroxylation is 1. The lowest BCUT2D eigenvalue weighted by Gasteiger charge is -2.13. The molecule has 0 amide bonds. The Morgan fingerprint density at radius 2 is 2.11 bits per heavy atom. The molecule has 0 spiro atoms. The van der Waals surface area contributed by atoms with Gasteiger partial charge in [0.05, 0.1) is 28.2 Å². The first-order valence-electron chi connectivity index (χ1n) is 8.58. The summed E-state index contributed by atoms with van der Waals surface area (Å²) in [5.41, 5.74) is 1.18. The summed E-state index contributed by atoms with van der Waals surface area (Å²) in [5.74, 6) is 1.14. The van der Waals surface area contributed by atoms with Crippen LogP contribution in [0.4, 0.5) is 0 Å². The molecule has 1 atom stereocenters. The Labute approximate surface area is 170 Å². The van der Waals surface area contributed by atoms with Crippen LogP contribution in [-0.4, -0.2) is 22.0 Å². The average Bonchev–Trinajstić information content (AvgIpc) is 2.64. The summed E-state index contributed by atoms with van der Waals surface area (Å²) in [6.45, 7) is 5.79. The largest absolute Gasteiger partial charge is 0.489 e. The van der Waals surface area contributed by atoms with Gasteiger partial charge in [-0.2, -0.15) is 9.78 Å². The molecule has 0 aliphatic rings. The third-order valence-electron chi connectivity index (χ3n) is 4.15. The van der Waals surface area contributed by atoms with Gasteiger partial charge in [-0.05, 0) is 62.2 Å². The number of fused-ring (bicyclic) bond motifs is 1. The molecule has 1 heterocycles. The third-order valence-corrected chi connectivity index (χ3v) is 4.94. The predicted octanol–water partition coefficient (Wildman–Crippen LogP) is 5.18. The van der Waals surface area contributed by atoms with E-state index in [1.54, 1.807) is 37.4 Å². The molecule has 0 saturated carbocycles. The Morgan fingerprint density at radius 3 is 2.81 bits per heavy atom. The molecular formula is C20H19BrClN3O2. The van der Waals surface area contributed by atoms with Gasteiger partial charge in [-0.25, -0.2) is 4.98 Å². The SMILES string of the molecule is CC[C@H](C)Oc1ccc(C=Nn2c(C)nc3ccc(Br)cc3c2=O)cc1Cl. The quantitative estimate of drug-likeness (QED) is 0.505. The van der Waals surface area contributed by atoms with Gasteiger partial charge in [0.15, 0.2) is 0 Å². The summed E-state index contributed by atoms with van der Waals surface area (Å²) in [7, 11) is 0. The highest BCUT2D eigenvalue weighted by atomic mass is 79.9. The number of ether oxygens (including phenoxy) is 1. The Kier molecular flexibility index (Phi) is 5.97. The van der Waals surface area contributed by atoms with Crippen LogP contribution in [0.2, 0.25) is 5.02 Å². The molecule has 5 nitrogen and oxygen atoms in total. The fourth-order valence-electron chi connectivity index (χ4n) is 2.51. The van der Waals surface area contributed by atoms with E-state index < -0.39 is 0 Å². The highest BCUT2D eigenvalue weighted by Crippen LogP contribution is 2.26. The second-order valence-electron chi connectivity index (χ2n) is 6.21. The number of aromatic nitrogens is 2. The first-order chi connectivity index (χ1) is 12.9. The number of hydrogen-bond donors (Lipinski definition) is 0. The zero-order chi connectivity index (χ0) is 19.6. The summed E-state index contributed by atoms with van der Waals surface area (Å²) in [6, 6.07) is 10.8. The zero-order valence-corrected chi connectivity index (χ0v) is 17.6. The van der Waals surface area contributed by atoms with Crippen LogP contribution in [0.25, 0.3) is 10.9 Å². The number of hydrogen-bond acceptors (Lipinski definition) is 4. The topological polar surface area (TPSA) is 56.5 Å². The summed E-state index contributed by atoms with van der Waals surface area (Å²) in [6.07, 6.45) is 2.57. The molecule has 2 aromatic carbocycles. The summed E-state index contributed by atoms with van der Waals surface area (Å²) < 4.78 is 7.86. The highest BCUT2D eigenvalue weighted by molar-refractivity contribution is 9.10. The Balaban J connectivity index is 1.94. The van der Waals surface area contributed by atoms with E-state index in [1.807, 2.05) is 19.1 Å². The van der Waals surface area contributed by atoms with Gasteiger partial charge in [0, 0.05) is 4.47 Å². The molecule has 3 aromatic rings. The maximum Gasteiger partial charge on any atom is 0.282 e. The minimum Gasteiger partial charge on any atom is -0.489 e. The van der Waals surface area contributed by atoms with E-state index >= 15 is 0 Å². The number of halogens is 2. The summed E-state index contributed by atoms with van der Waals surface area (Å²) >= 11 is 9.68. The number of rotatable bonds is 5. The smallest absolute Gasteiger partial charge is 0.282 e. The van der Waals surface area contributed by atoms with Crippen molar-refractivity contribution in [3.05, 3.63) is 67.6 Å². The molecule has 140 valence electrons. The Hall–Kier alpha value is -2.18. The van der Waals surface area contributed by atoms with Gasteiger partial charge in [-0.15, -0.1) is 0 Å². The molecule has 0 radical (unpaired) electrons. The molecule has 7 heteroatoms. The molecule has 3 rings (SSSR count). The molecule has 0 fully saturated rings. The van der Waals surface area contributed by atoms with Crippen molar-refractivity contribution in [3.63, 3.8) is 0 Å². The van der Waals surface area contributed by atoms with Crippen LogP contribution < -0.4 is 10.3 Å². The van der Waals surface area contributed by atoms with Gasteiger partial charge in [0.1, 0.15) is 11.6 Å². The van der Waals surface area contributed by atoms with Gasteiger partial charge in [0.2, 0.25) is 0 Å². The first-order valence-corrected chi connectivity index (χ1v) is 9.75. The second-order valence-corrected chi connectivity index (χ2v) is 7.53. The van der Waals surface area contributed by atoms with E-state index in [9.17, 15) is 4.79 Å². The predicted molar refractivity (Wildman–Crippen MR) is 113 cm³/mol. The Morgan fingerprint density at radius 1 is 1.33 bits per heavy atom. The van der Waals surface area contributed by atoms with E-state index in [4.69, 9.17) is 16.3 Å². The standard InChI is InChI=1S/C20H19BrClN3O2/c1-4-12(2)27-19-8-5-14(9-17(19)22)11-23-25-13(3)24-18-7-6-15(21)10-16(18)20(25)26/h5-12H,4H2,1-3H3/t12-/m0/s1. The summed E-state index contributed by atoms with van der Waals surface area (Å²) in [5, 5.41) is 5.31. The van der Waals surface area contributed by atoms with E-state index in [2.05, 4.69) is 32.9 Å². The maximum absolute atomic E-state index is 12.7. The zero-order valence-electron chi connectivity index (χ0n) is 15.2. The van der Waals surface area contributed by atoms with Crippen LogP contribution in [0, 0.1) is 6.92 Å². The minimum absolute atomic E-state index is 0.0891. The monoisotopic (exact) mass is 447 g/mol. The van der Waals surface area contributed by atoms with Crippen molar-refractivity contribution >= 4 is 44.6 Å². The van der Waals surface area contributed by atoms with Crippen molar-refractivity contribution < 1.29 is 4.74 Å². The van der Waals surface area contributed by atoms with Crippen LogP contribution in [-0.2, 0) is 0 Å². The lowest BCUT2D eigenvalue weighted by molar-refractivity contribution is 0.217. The second kappa shape index (κ2) is 8.23. The average molecular weight is 449 g/mol. The van der Waals surface area contributed by atoms with Gasteiger partial charge in [0.25, 0.3) is 5.56 Å². The summed E-state index contributed by atoms with van der Waals surface area (Å²) in [4.78, 5) is 17.2. The molecule has 0 aliphatic heterocycles. The van der Waals surface area contributed by atoms with Crippen molar-refractivity contribution in [3.8, 4) is 5.75 Å². The minimum atomic E-state index is -0.224. The molecule has 0 aliphatic carbocycles. The van der Waals surface area contributed by atoms with Gasteiger partial charge in [-0.1, -0.05) is 34.5 Å². The maximum atomic E-state index is 12.7. The molecule has 27 heavy (non-hydrogen) atoms. The van der Waals surface area contributed by atoms with Gasteiger partial charge in [-0.3, -0.25) is 4.79 Å². The van der Waals surface area contributed by atoms with Crippen molar-refractivity contribution in [2.45, 2.75) is 33.3 Å². The number of benzene rings is 2. The first kappa shape index (κ1) is 19.6. The van der Waals surface area contributed by atoms with E-state index in [0.29, 0.717) is 27.5 Å². The van der Waals surface area contributed by atoms with Crippen LogP contribution in [0.3, 0.4) is 0 Å². The molecular weight excluding hydrogens is 430 g/mol. The molecule has 1 aromatic heterocycles. The van der Waals surface area contributed by atoms with Crippen molar-refractivity contribution in [1.29, 1.82) is 0 Å². The van der Waals surface area contributed by atoms with Crippen LogP contribution in [0.1, 0.15) is 31.7 Å². The van der Waals surface area contributed by atoms with Crippen LogP contribution in [0.5, 0.6) is 5.75 Å². The van der Waals surface area contributed by atoms with Crippen LogP contribution >= 0.6 is 27.5 Å². The van der Waals surface area contributed by atoms with Crippen LogP contribution in [0.15, 0.2) is 50.8 Å². The van der Waals surface area contributed by atoms with E-state index in [0.717, 1.165) is 16.5 Å². The third kappa shape index (κ3) is 4.39. The van der Waals surface area contributed by atoms with Crippen molar-refractivity contribution in [1.82, 2.24) is 9.66 Å². The van der Waals surface area contributed by atoms with Crippen molar-refractivity contribution in [2.75, 3.05) is 0 Å². The van der Waals surface area contributed by atoms with Crippen molar-refractivity contribution in [2.24, 2.45) is 5.10 Å². The molecule has 0 N–H and O–H groups in total. The van der Waals surface area contributed by atoms with E-state index in [1.165, 1.54) is 4.68 Å². The lowest BCUT2D eigenvalue weighted by Crippen LogP contribution is -2.20. The normalized spacial score (nSPS) is 12.6. The molecule has 0 unspecified atom stereocenters. The fourth-order valence-corrected chi connectivity index (χ4v) is 3.11. The molecule has 0 saturated heterocycles. The molecule has 0 bridgehead atoms. The lowest BCUT2D eigenvalue weighted by atomic mass is 10.2. The highest BCUT2D eigenvalue weighted by Gasteiger charge is 2.09. The van der Waals surface area contributed by atoms with Gasteiger partial charge >= 0.3 is 0 Å².